The van der Waals surface area contributed by atoms with Gasteiger partial charge in [0.1, 0.15) is 6.04 Å². The fourth-order valence-corrected chi connectivity index (χ4v) is 2.39. The smallest absolute Gasteiger partial charge is 0.323 e. The van der Waals surface area contributed by atoms with Crippen LogP contribution in [0.25, 0.3) is 0 Å². The molecule has 1 fully saturated rings. The van der Waals surface area contributed by atoms with Crippen molar-refractivity contribution >= 4 is 5.97 Å². The summed E-state index contributed by atoms with van der Waals surface area (Å²) in [5.41, 5.74) is 1.04. The molecular formula is C15H18N2O2. The molecule has 3 atom stereocenters. The van der Waals surface area contributed by atoms with Gasteiger partial charge < -0.3 is 4.74 Å². The summed E-state index contributed by atoms with van der Waals surface area (Å²) < 4.78 is 5.20. The number of hydrogen-bond acceptors (Lipinski definition) is 4. The first-order valence-electron chi connectivity index (χ1n) is 6.53. The molecule has 0 radical (unpaired) electrons. The average Bonchev–Trinajstić information content (AvgIpc) is 2.83. The van der Waals surface area contributed by atoms with Gasteiger partial charge in [-0.2, -0.15) is 5.26 Å². The van der Waals surface area contributed by atoms with Gasteiger partial charge in [-0.1, -0.05) is 30.3 Å². The van der Waals surface area contributed by atoms with E-state index in [1.807, 2.05) is 44.2 Å². The predicted molar refractivity (Wildman–Crippen MR) is 71.1 cm³/mol. The maximum Gasteiger partial charge on any atom is 0.323 e. The van der Waals surface area contributed by atoms with E-state index in [1.54, 1.807) is 0 Å². The Morgan fingerprint density at radius 3 is 2.68 bits per heavy atom. The lowest BCUT2D eigenvalue weighted by Gasteiger charge is -2.16. The van der Waals surface area contributed by atoms with E-state index in [-0.39, 0.29) is 24.0 Å². The quantitative estimate of drug-likeness (QED) is 0.844. The summed E-state index contributed by atoms with van der Waals surface area (Å²) in [5, 5.41) is 12.5. The number of carbonyl (C=O) groups is 1. The zero-order valence-corrected chi connectivity index (χ0v) is 11.2. The normalized spacial score (nSPS) is 26.1. The second-order valence-corrected chi connectivity index (χ2v) is 5.06. The van der Waals surface area contributed by atoms with Crippen LogP contribution in [0.15, 0.2) is 30.3 Å². The van der Waals surface area contributed by atoms with Crippen molar-refractivity contribution in [1.82, 2.24) is 5.32 Å². The SMILES string of the molecule is CC(C)OC(=O)[C@@H]1C[C@@H](C#N)[C@@H](c2ccccc2)N1. The van der Waals surface area contributed by atoms with E-state index in [2.05, 4.69) is 11.4 Å². The van der Waals surface area contributed by atoms with Crippen LogP contribution >= 0.6 is 0 Å². The molecule has 19 heavy (non-hydrogen) atoms. The molecular weight excluding hydrogens is 240 g/mol. The third-order valence-corrected chi connectivity index (χ3v) is 3.23. The molecule has 0 aliphatic carbocycles. The van der Waals surface area contributed by atoms with Crippen LogP contribution in [0.1, 0.15) is 31.9 Å². The van der Waals surface area contributed by atoms with Crippen molar-refractivity contribution in [2.24, 2.45) is 5.92 Å². The molecule has 100 valence electrons. The van der Waals surface area contributed by atoms with Gasteiger partial charge in [0.25, 0.3) is 0 Å². The number of carbonyl (C=O) groups excluding carboxylic acids is 1. The van der Waals surface area contributed by atoms with Crippen molar-refractivity contribution in [3.05, 3.63) is 35.9 Å². The second-order valence-electron chi connectivity index (χ2n) is 5.06. The van der Waals surface area contributed by atoms with E-state index in [9.17, 15) is 10.1 Å². The predicted octanol–water partition coefficient (Wildman–Crippen LogP) is 2.18. The summed E-state index contributed by atoms with van der Waals surface area (Å²) in [6, 6.07) is 11.5. The fourth-order valence-electron chi connectivity index (χ4n) is 2.39. The molecule has 1 aromatic carbocycles. The van der Waals surface area contributed by atoms with Crippen LogP contribution < -0.4 is 5.32 Å². The number of nitrogens with zero attached hydrogens (tertiary/aromatic N) is 1. The fraction of sp³-hybridized carbons (Fsp3) is 0.467. The Morgan fingerprint density at radius 2 is 2.11 bits per heavy atom. The van der Waals surface area contributed by atoms with E-state index < -0.39 is 6.04 Å². The number of benzene rings is 1. The van der Waals surface area contributed by atoms with Crippen molar-refractivity contribution in [3.8, 4) is 6.07 Å². The topological polar surface area (TPSA) is 62.1 Å². The monoisotopic (exact) mass is 258 g/mol. The van der Waals surface area contributed by atoms with Gasteiger partial charge in [-0.3, -0.25) is 10.1 Å². The number of rotatable bonds is 3. The van der Waals surface area contributed by atoms with Gasteiger partial charge in [-0.05, 0) is 25.8 Å². The van der Waals surface area contributed by atoms with Crippen LogP contribution in [0.2, 0.25) is 0 Å². The summed E-state index contributed by atoms with van der Waals surface area (Å²) in [6.07, 6.45) is 0.368. The number of nitriles is 1. The summed E-state index contributed by atoms with van der Waals surface area (Å²) in [7, 11) is 0. The maximum atomic E-state index is 11.9. The summed E-state index contributed by atoms with van der Waals surface area (Å²) in [5.74, 6) is -0.471. The Labute approximate surface area is 113 Å². The first-order chi connectivity index (χ1) is 9.11. The van der Waals surface area contributed by atoms with Gasteiger partial charge in [0.15, 0.2) is 0 Å². The Kier molecular flexibility index (Phi) is 4.18. The molecule has 4 nitrogen and oxygen atoms in total. The number of hydrogen-bond donors (Lipinski definition) is 1. The highest BCUT2D eigenvalue weighted by atomic mass is 16.5. The van der Waals surface area contributed by atoms with E-state index in [4.69, 9.17) is 4.74 Å². The largest absolute Gasteiger partial charge is 0.462 e. The van der Waals surface area contributed by atoms with E-state index in [0.29, 0.717) is 6.42 Å². The number of nitrogens with one attached hydrogen (secondary N) is 1. The van der Waals surface area contributed by atoms with E-state index in [0.717, 1.165) is 5.56 Å². The highest BCUT2D eigenvalue weighted by molar-refractivity contribution is 5.76. The number of esters is 1. The Morgan fingerprint density at radius 1 is 1.42 bits per heavy atom. The Balaban J connectivity index is 2.11. The molecule has 1 aliphatic heterocycles. The molecule has 1 N–H and O–H groups in total. The molecule has 1 heterocycles. The molecule has 0 amide bonds. The minimum atomic E-state index is -0.391. The van der Waals surface area contributed by atoms with Gasteiger partial charge in [0, 0.05) is 6.04 Å². The molecule has 1 aromatic rings. The van der Waals surface area contributed by atoms with Crippen LogP contribution in [0, 0.1) is 17.2 Å². The minimum absolute atomic E-state index is 0.101. The standard InChI is InChI=1S/C15H18N2O2/c1-10(2)19-15(18)13-8-12(9-16)14(17-13)11-6-4-3-5-7-11/h3-7,10,12-14,17H,8H2,1-2H3/t12-,13-,14+/m0/s1. The van der Waals surface area contributed by atoms with E-state index in [1.165, 1.54) is 0 Å². The zero-order chi connectivity index (χ0) is 13.8. The molecule has 2 rings (SSSR count). The molecule has 4 heteroatoms. The lowest BCUT2D eigenvalue weighted by atomic mass is 9.95. The van der Waals surface area contributed by atoms with Crippen molar-refractivity contribution in [2.75, 3.05) is 0 Å². The molecule has 0 aromatic heterocycles. The van der Waals surface area contributed by atoms with Crippen LogP contribution in [-0.2, 0) is 9.53 Å². The maximum absolute atomic E-state index is 11.9. The van der Waals surface area contributed by atoms with Crippen LogP contribution in [0.4, 0.5) is 0 Å². The lowest BCUT2D eigenvalue weighted by molar-refractivity contribution is -0.149. The lowest BCUT2D eigenvalue weighted by Crippen LogP contribution is -2.35. The molecule has 1 saturated heterocycles. The summed E-state index contributed by atoms with van der Waals surface area (Å²) >= 11 is 0. The van der Waals surface area contributed by atoms with Crippen LogP contribution in [-0.4, -0.2) is 18.1 Å². The van der Waals surface area contributed by atoms with Crippen molar-refractivity contribution in [2.45, 2.75) is 38.5 Å². The summed E-state index contributed by atoms with van der Waals surface area (Å²) in [6.45, 7) is 3.65. The third kappa shape index (κ3) is 3.12. The average molecular weight is 258 g/mol. The number of ether oxygens (including phenoxy) is 1. The van der Waals surface area contributed by atoms with Gasteiger partial charge >= 0.3 is 5.97 Å². The van der Waals surface area contributed by atoms with Crippen LogP contribution in [0.5, 0.6) is 0 Å². The van der Waals surface area contributed by atoms with Crippen molar-refractivity contribution in [3.63, 3.8) is 0 Å². The highest BCUT2D eigenvalue weighted by Crippen LogP contribution is 2.32. The zero-order valence-electron chi connectivity index (χ0n) is 11.2. The molecule has 0 spiro atoms. The van der Waals surface area contributed by atoms with Gasteiger partial charge in [0.05, 0.1) is 18.1 Å². The highest BCUT2D eigenvalue weighted by Gasteiger charge is 2.39. The Hall–Kier alpha value is -1.86. The van der Waals surface area contributed by atoms with E-state index >= 15 is 0 Å². The van der Waals surface area contributed by atoms with Crippen molar-refractivity contribution < 1.29 is 9.53 Å². The minimum Gasteiger partial charge on any atom is -0.462 e. The van der Waals surface area contributed by atoms with Crippen molar-refractivity contribution in [1.29, 1.82) is 5.26 Å². The van der Waals surface area contributed by atoms with Crippen LogP contribution in [0.3, 0.4) is 0 Å². The molecule has 0 unspecified atom stereocenters. The first kappa shape index (κ1) is 13.6. The molecule has 0 bridgehead atoms. The molecule has 1 aliphatic rings. The second kappa shape index (κ2) is 5.85. The van der Waals surface area contributed by atoms with Gasteiger partial charge in [-0.25, -0.2) is 0 Å². The summed E-state index contributed by atoms with van der Waals surface area (Å²) in [4.78, 5) is 11.9. The molecule has 0 saturated carbocycles. The Bertz CT molecular complexity index is 479. The third-order valence-electron chi connectivity index (χ3n) is 3.23. The first-order valence-corrected chi connectivity index (χ1v) is 6.53. The van der Waals surface area contributed by atoms with Gasteiger partial charge in [-0.15, -0.1) is 0 Å². The van der Waals surface area contributed by atoms with Gasteiger partial charge in [0.2, 0.25) is 0 Å².